The van der Waals surface area contributed by atoms with Crippen LogP contribution in [0.3, 0.4) is 0 Å². The fourth-order valence-electron chi connectivity index (χ4n) is 2.73. The molecule has 1 N–H and O–H groups in total. The van der Waals surface area contributed by atoms with Crippen molar-refractivity contribution in [3.05, 3.63) is 47.2 Å². The van der Waals surface area contributed by atoms with E-state index in [4.69, 9.17) is 0 Å². The Hall–Kier alpha value is -2.31. The van der Waals surface area contributed by atoms with Gasteiger partial charge < -0.3 is 5.32 Å². The van der Waals surface area contributed by atoms with Crippen molar-refractivity contribution in [3.8, 4) is 0 Å². The van der Waals surface area contributed by atoms with Crippen LogP contribution in [0.1, 0.15) is 29.7 Å². The standard InChI is InChI=1S/C16H16F3N3O/c1-10-8-13(22(2)21-10)20-14(23)15(6-7-15)11-4-3-5-12(9-11)16(17,18)19/h3-5,8-9H,6-7H2,1-2H3,(H,20,23). The minimum atomic E-state index is -4.41. The molecule has 1 aromatic carbocycles. The van der Waals surface area contributed by atoms with E-state index in [1.165, 1.54) is 10.7 Å². The maximum Gasteiger partial charge on any atom is 0.416 e. The van der Waals surface area contributed by atoms with Gasteiger partial charge in [0, 0.05) is 13.1 Å². The molecule has 0 radical (unpaired) electrons. The minimum Gasteiger partial charge on any atom is -0.310 e. The van der Waals surface area contributed by atoms with Crippen molar-refractivity contribution in [1.29, 1.82) is 0 Å². The number of carbonyl (C=O) groups is 1. The van der Waals surface area contributed by atoms with Gasteiger partial charge in [-0.1, -0.05) is 18.2 Å². The van der Waals surface area contributed by atoms with Gasteiger partial charge in [-0.25, -0.2) is 0 Å². The maximum atomic E-state index is 12.9. The molecule has 1 aliphatic carbocycles. The fourth-order valence-corrected chi connectivity index (χ4v) is 2.73. The van der Waals surface area contributed by atoms with Crippen LogP contribution in [-0.4, -0.2) is 15.7 Å². The van der Waals surface area contributed by atoms with E-state index in [9.17, 15) is 18.0 Å². The molecule has 0 aliphatic heterocycles. The number of nitrogens with zero attached hydrogens (tertiary/aromatic N) is 2. The van der Waals surface area contributed by atoms with Crippen LogP contribution in [0.15, 0.2) is 30.3 Å². The Morgan fingerprint density at radius 3 is 2.52 bits per heavy atom. The lowest BCUT2D eigenvalue weighted by atomic mass is 9.93. The number of alkyl halides is 3. The predicted octanol–water partition coefficient (Wildman–Crippen LogP) is 3.42. The van der Waals surface area contributed by atoms with Crippen molar-refractivity contribution in [3.63, 3.8) is 0 Å². The lowest BCUT2D eigenvalue weighted by Gasteiger charge is -2.17. The molecule has 1 fully saturated rings. The summed E-state index contributed by atoms with van der Waals surface area (Å²) < 4.78 is 40.1. The second-order valence-electron chi connectivity index (χ2n) is 5.91. The second-order valence-corrected chi connectivity index (χ2v) is 5.91. The van der Waals surface area contributed by atoms with E-state index >= 15 is 0 Å². The Kier molecular flexibility index (Phi) is 3.46. The number of aryl methyl sites for hydroxylation is 2. The van der Waals surface area contributed by atoms with Crippen LogP contribution in [0.4, 0.5) is 19.0 Å². The third-order valence-electron chi connectivity index (χ3n) is 4.17. The summed E-state index contributed by atoms with van der Waals surface area (Å²) >= 11 is 0. The van der Waals surface area contributed by atoms with Crippen molar-refractivity contribution in [2.45, 2.75) is 31.4 Å². The average molecular weight is 323 g/mol. The summed E-state index contributed by atoms with van der Waals surface area (Å²) in [6.07, 6.45) is -3.34. The Morgan fingerprint density at radius 1 is 1.30 bits per heavy atom. The van der Waals surface area contributed by atoms with E-state index in [-0.39, 0.29) is 5.91 Å². The van der Waals surface area contributed by atoms with Crippen LogP contribution >= 0.6 is 0 Å². The summed E-state index contributed by atoms with van der Waals surface area (Å²) in [5.74, 6) is 0.241. The highest BCUT2D eigenvalue weighted by Gasteiger charge is 2.52. The van der Waals surface area contributed by atoms with Gasteiger partial charge in [0.05, 0.1) is 16.7 Å². The number of hydrogen-bond acceptors (Lipinski definition) is 2. The highest BCUT2D eigenvalue weighted by molar-refractivity contribution is 6.01. The van der Waals surface area contributed by atoms with Gasteiger partial charge in [-0.05, 0) is 31.4 Å². The van der Waals surface area contributed by atoms with Crippen molar-refractivity contribution in [1.82, 2.24) is 9.78 Å². The Bertz CT molecular complexity index is 760. The van der Waals surface area contributed by atoms with Gasteiger partial charge in [-0.3, -0.25) is 9.48 Å². The number of hydrogen-bond donors (Lipinski definition) is 1. The topological polar surface area (TPSA) is 46.9 Å². The van der Waals surface area contributed by atoms with Crippen molar-refractivity contribution >= 4 is 11.7 Å². The molecule has 0 atom stereocenters. The van der Waals surface area contributed by atoms with Gasteiger partial charge in [0.1, 0.15) is 5.82 Å². The third kappa shape index (κ3) is 2.83. The molecule has 2 aromatic rings. The summed E-state index contributed by atoms with van der Waals surface area (Å²) in [6, 6.07) is 6.74. The van der Waals surface area contributed by atoms with Crippen molar-refractivity contribution < 1.29 is 18.0 Å². The van der Waals surface area contributed by atoms with Crippen LogP contribution in [0.25, 0.3) is 0 Å². The highest BCUT2D eigenvalue weighted by atomic mass is 19.4. The molecule has 0 unspecified atom stereocenters. The number of rotatable bonds is 3. The molecule has 0 saturated heterocycles. The number of benzene rings is 1. The van der Waals surface area contributed by atoms with Gasteiger partial charge in [-0.2, -0.15) is 18.3 Å². The SMILES string of the molecule is Cc1cc(NC(=O)C2(c3cccc(C(F)(F)F)c3)CC2)n(C)n1. The third-order valence-corrected chi connectivity index (χ3v) is 4.17. The molecule has 3 rings (SSSR count). The zero-order valence-electron chi connectivity index (χ0n) is 12.7. The number of amides is 1. The lowest BCUT2D eigenvalue weighted by molar-refractivity contribution is -0.137. The van der Waals surface area contributed by atoms with Crippen LogP contribution < -0.4 is 5.32 Å². The zero-order valence-corrected chi connectivity index (χ0v) is 12.7. The summed E-state index contributed by atoms with van der Waals surface area (Å²) in [4.78, 5) is 12.6. The number of aromatic nitrogens is 2. The molecule has 1 saturated carbocycles. The first-order valence-electron chi connectivity index (χ1n) is 7.22. The van der Waals surface area contributed by atoms with Gasteiger partial charge in [0.25, 0.3) is 0 Å². The predicted molar refractivity (Wildman–Crippen MR) is 78.9 cm³/mol. The minimum absolute atomic E-state index is 0.292. The Morgan fingerprint density at radius 2 is 2.00 bits per heavy atom. The van der Waals surface area contributed by atoms with Gasteiger partial charge in [0.2, 0.25) is 5.91 Å². The molecule has 23 heavy (non-hydrogen) atoms. The first-order valence-corrected chi connectivity index (χ1v) is 7.22. The van der Waals surface area contributed by atoms with E-state index < -0.39 is 17.2 Å². The highest BCUT2D eigenvalue weighted by Crippen LogP contribution is 2.49. The molecule has 7 heteroatoms. The molecule has 0 bridgehead atoms. The van der Waals surface area contributed by atoms with Crippen LogP contribution in [-0.2, 0) is 23.4 Å². The van der Waals surface area contributed by atoms with Crippen LogP contribution in [0, 0.1) is 6.92 Å². The molecular weight excluding hydrogens is 307 g/mol. The molecule has 1 heterocycles. The van der Waals surface area contributed by atoms with Gasteiger partial charge in [-0.15, -0.1) is 0 Å². The largest absolute Gasteiger partial charge is 0.416 e. The van der Waals surface area contributed by atoms with E-state index in [2.05, 4.69) is 10.4 Å². The summed E-state index contributed by atoms with van der Waals surface area (Å²) in [5, 5.41) is 6.91. The smallest absolute Gasteiger partial charge is 0.310 e. The summed E-state index contributed by atoms with van der Waals surface area (Å²) in [6.45, 7) is 1.80. The van der Waals surface area contributed by atoms with Crippen molar-refractivity contribution in [2.75, 3.05) is 5.32 Å². The molecule has 0 spiro atoms. The molecular formula is C16H16F3N3O. The molecule has 1 amide bonds. The zero-order chi connectivity index (χ0) is 16.8. The Balaban J connectivity index is 1.87. The molecule has 122 valence electrons. The summed E-state index contributed by atoms with van der Waals surface area (Å²) in [5.41, 5.74) is -0.444. The summed E-state index contributed by atoms with van der Waals surface area (Å²) in [7, 11) is 1.70. The number of carbonyl (C=O) groups excluding carboxylic acids is 1. The van der Waals surface area contributed by atoms with E-state index in [1.54, 1.807) is 26.1 Å². The quantitative estimate of drug-likeness (QED) is 0.941. The Labute approximate surface area is 131 Å². The normalized spacial score (nSPS) is 16.2. The monoisotopic (exact) mass is 323 g/mol. The second kappa shape index (κ2) is 5.11. The van der Waals surface area contributed by atoms with E-state index in [0.29, 0.717) is 24.2 Å². The molecule has 4 nitrogen and oxygen atoms in total. The van der Waals surface area contributed by atoms with E-state index in [1.807, 2.05) is 0 Å². The first-order chi connectivity index (χ1) is 10.7. The van der Waals surface area contributed by atoms with Crippen molar-refractivity contribution in [2.24, 2.45) is 7.05 Å². The first kappa shape index (κ1) is 15.6. The maximum absolute atomic E-state index is 12.9. The fraction of sp³-hybridized carbons (Fsp3) is 0.375. The number of anilines is 1. The van der Waals surface area contributed by atoms with Crippen LogP contribution in [0.2, 0.25) is 0 Å². The molecule has 1 aromatic heterocycles. The lowest BCUT2D eigenvalue weighted by Crippen LogP contribution is -2.29. The number of halogens is 3. The molecule has 1 aliphatic rings. The average Bonchev–Trinajstić information content (AvgIpc) is 3.21. The van der Waals surface area contributed by atoms with Gasteiger partial charge in [0.15, 0.2) is 0 Å². The number of nitrogens with one attached hydrogen (secondary N) is 1. The van der Waals surface area contributed by atoms with Gasteiger partial charge >= 0.3 is 6.18 Å². The van der Waals surface area contributed by atoms with Crippen LogP contribution in [0.5, 0.6) is 0 Å². The van der Waals surface area contributed by atoms with E-state index in [0.717, 1.165) is 17.8 Å².